The number of ether oxygens (including phenoxy) is 2. The summed E-state index contributed by atoms with van der Waals surface area (Å²) in [5, 5.41) is 0. The number of nitrogens with two attached hydrogens (primary N) is 1. The van der Waals surface area contributed by atoms with E-state index in [1.807, 2.05) is 0 Å². The van der Waals surface area contributed by atoms with E-state index in [-0.39, 0.29) is 5.78 Å². The summed E-state index contributed by atoms with van der Waals surface area (Å²) >= 11 is 0. The summed E-state index contributed by atoms with van der Waals surface area (Å²) in [5.41, 5.74) is 6.85. The van der Waals surface area contributed by atoms with Gasteiger partial charge in [0.15, 0.2) is 6.10 Å². The van der Waals surface area contributed by atoms with Gasteiger partial charge < -0.3 is 15.2 Å². The van der Waals surface area contributed by atoms with Crippen molar-refractivity contribution >= 4 is 11.5 Å². The first-order valence-electron chi connectivity index (χ1n) is 6.30. The fourth-order valence-electron chi connectivity index (χ4n) is 1.79. The van der Waals surface area contributed by atoms with Gasteiger partial charge >= 0.3 is 0 Å². The lowest BCUT2D eigenvalue weighted by Gasteiger charge is -2.14. The van der Waals surface area contributed by atoms with Crippen LogP contribution in [0.2, 0.25) is 0 Å². The molecule has 0 fully saturated rings. The van der Waals surface area contributed by atoms with E-state index in [4.69, 9.17) is 15.2 Å². The number of hydrogen-bond donors (Lipinski definition) is 1. The van der Waals surface area contributed by atoms with Crippen molar-refractivity contribution in [3.05, 3.63) is 54.1 Å². The number of benzene rings is 2. The zero-order valence-corrected chi connectivity index (χ0v) is 11.5. The number of anilines is 1. The number of carbonyl (C=O) groups excluding carboxylic acids is 1. The zero-order chi connectivity index (χ0) is 14.5. The Balaban J connectivity index is 2.05. The molecule has 2 rings (SSSR count). The fourth-order valence-corrected chi connectivity index (χ4v) is 1.79. The number of ketones is 1. The molecule has 1 unspecified atom stereocenters. The van der Waals surface area contributed by atoms with Gasteiger partial charge in [0.2, 0.25) is 5.78 Å². The van der Waals surface area contributed by atoms with E-state index in [9.17, 15) is 4.79 Å². The Hall–Kier alpha value is -2.49. The second kappa shape index (κ2) is 6.10. The van der Waals surface area contributed by atoms with Crippen LogP contribution in [0.1, 0.15) is 17.3 Å². The van der Waals surface area contributed by atoms with Gasteiger partial charge in [0.1, 0.15) is 11.5 Å². The first-order chi connectivity index (χ1) is 9.60. The standard InChI is InChI=1S/C16H17NO3/c1-11(20-15-9-5-13(17)6-10-15)16(18)12-3-7-14(19-2)8-4-12/h3-11H,17H2,1-2H3. The second-order valence-corrected chi connectivity index (χ2v) is 4.42. The van der Waals surface area contributed by atoms with Crippen molar-refractivity contribution < 1.29 is 14.3 Å². The fraction of sp³-hybridized carbons (Fsp3) is 0.188. The highest BCUT2D eigenvalue weighted by Gasteiger charge is 2.16. The minimum absolute atomic E-state index is 0.0792. The van der Waals surface area contributed by atoms with Crippen molar-refractivity contribution in [1.29, 1.82) is 0 Å². The third-order valence-electron chi connectivity index (χ3n) is 2.94. The maximum absolute atomic E-state index is 12.2. The molecule has 0 saturated heterocycles. The van der Waals surface area contributed by atoms with Crippen molar-refractivity contribution in [3.63, 3.8) is 0 Å². The highest BCUT2D eigenvalue weighted by molar-refractivity contribution is 5.99. The van der Waals surface area contributed by atoms with Gasteiger partial charge in [0.05, 0.1) is 7.11 Å². The lowest BCUT2D eigenvalue weighted by atomic mass is 10.1. The molecule has 0 bridgehead atoms. The molecule has 2 aromatic carbocycles. The Morgan fingerprint density at radius 2 is 1.55 bits per heavy atom. The van der Waals surface area contributed by atoms with Crippen molar-refractivity contribution in [2.45, 2.75) is 13.0 Å². The van der Waals surface area contributed by atoms with Crippen molar-refractivity contribution in [3.8, 4) is 11.5 Å². The summed E-state index contributed by atoms with van der Waals surface area (Å²) in [6.07, 6.45) is -0.563. The number of Topliss-reactive ketones (excluding diaryl/α,β-unsaturated/α-hetero) is 1. The molecule has 0 heterocycles. The van der Waals surface area contributed by atoms with E-state index < -0.39 is 6.10 Å². The van der Waals surface area contributed by atoms with E-state index >= 15 is 0 Å². The smallest absolute Gasteiger partial charge is 0.202 e. The second-order valence-electron chi connectivity index (χ2n) is 4.42. The molecule has 4 nitrogen and oxygen atoms in total. The Bertz CT molecular complexity index is 576. The molecule has 0 amide bonds. The van der Waals surface area contributed by atoms with Crippen molar-refractivity contribution in [1.82, 2.24) is 0 Å². The van der Waals surface area contributed by atoms with Gasteiger partial charge in [-0.3, -0.25) is 4.79 Å². The van der Waals surface area contributed by atoms with Crippen LogP contribution in [0.3, 0.4) is 0 Å². The summed E-state index contributed by atoms with van der Waals surface area (Å²) in [7, 11) is 1.59. The molecule has 0 aliphatic heterocycles. The van der Waals surface area contributed by atoms with Crippen LogP contribution in [0, 0.1) is 0 Å². The summed E-state index contributed by atoms with van der Waals surface area (Å²) < 4.78 is 10.7. The molecule has 0 aromatic heterocycles. The van der Waals surface area contributed by atoms with E-state index in [0.717, 1.165) is 0 Å². The summed E-state index contributed by atoms with van der Waals surface area (Å²) in [6, 6.07) is 13.9. The van der Waals surface area contributed by atoms with Crippen molar-refractivity contribution in [2.75, 3.05) is 12.8 Å². The Kier molecular flexibility index (Phi) is 4.25. The van der Waals surface area contributed by atoms with Gasteiger partial charge in [-0.05, 0) is 55.5 Å². The molecule has 0 aliphatic rings. The predicted molar refractivity (Wildman–Crippen MR) is 78.3 cm³/mol. The monoisotopic (exact) mass is 271 g/mol. The summed E-state index contributed by atoms with van der Waals surface area (Å²) in [4.78, 5) is 12.2. The summed E-state index contributed by atoms with van der Waals surface area (Å²) in [6.45, 7) is 1.73. The number of hydrogen-bond acceptors (Lipinski definition) is 4. The van der Waals surface area contributed by atoms with Crippen LogP contribution in [-0.4, -0.2) is 19.0 Å². The molecular weight excluding hydrogens is 254 g/mol. The Morgan fingerprint density at radius 3 is 2.10 bits per heavy atom. The maximum Gasteiger partial charge on any atom is 0.202 e. The van der Waals surface area contributed by atoms with Crippen LogP contribution in [0.15, 0.2) is 48.5 Å². The number of carbonyl (C=O) groups is 1. The first kappa shape index (κ1) is 13.9. The third-order valence-corrected chi connectivity index (χ3v) is 2.94. The van der Waals surface area contributed by atoms with Gasteiger partial charge in [0.25, 0.3) is 0 Å². The predicted octanol–water partition coefficient (Wildman–Crippen LogP) is 2.93. The molecule has 4 heteroatoms. The average Bonchev–Trinajstić information content (AvgIpc) is 2.49. The Morgan fingerprint density at radius 1 is 1.00 bits per heavy atom. The van der Waals surface area contributed by atoms with Crippen LogP contribution >= 0.6 is 0 Å². The highest BCUT2D eigenvalue weighted by Crippen LogP contribution is 2.18. The van der Waals surface area contributed by atoms with Gasteiger partial charge in [-0.25, -0.2) is 0 Å². The maximum atomic E-state index is 12.2. The van der Waals surface area contributed by atoms with E-state index in [0.29, 0.717) is 22.7 Å². The minimum atomic E-state index is -0.563. The lowest BCUT2D eigenvalue weighted by molar-refractivity contribution is 0.0818. The Labute approximate surface area is 118 Å². The van der Waals surface area contributed by atoms with Crippen LogP contribution in [0.25, 0.3) is 0 Å². The number of methoxy groups -OCH3 is 1. The van der Waals surface area contributed by atoms with E-state index in [2.05, 4.69) is 0 Å². The quantitative estimate of drug-likeness (QED) is 0.671. The molecule has 1 atom stereocenters. The van der Waals surface area contributed by atoms with Crippen LogP contribution in [0.4, 0.5) is 5.69 Å². The van der Waals surface area contributed by atoms with Gasteiger partial charge in [-0.1, -0.05) is 0 Å². The first-order valence-corrected chi connectivity index (χ1v) is 6.30. The summed E-state index contributed by atoms with van der Waals surface area (Å²) in [5.74, 6) is 1.26. The molecule has 2 aromatic rings. The largest absolute Gasteiger partial charge is 0.497 e. The molecule has 0 spiro atoms. The highest BCUT2D eigenvalue weighted by atomic mass is 16.5. The topological polar surface area (TPSA) is 61.5 Å². The molecule has 2 N–H and O–H groups in total. The minimum Gasteiger partial charge on any atom is -0.497 e. The molecule has 0 radical (unpaired) electrons. The van der Waals surface area contributed by atoms with Crippen LogP contribution in [0.5, 0.6) is 11.5 Å². The number of rotatable bonds is 5. The lowest BCUT2D eigenvalue weighted by Crippen LogP contribution is -2.23. The van der Waals surface area contributed by atoms with Crippen LogP contribution in [-0.2, 0) is 0 Å². The van der Waals surface area contributed by atoms with Gasteiger partial charge in [-0.2, -0.15) is 0 Å². The molecule has 104 valence electrons. The molecule has 0 saturated carbocycles. The van der Waals surface area contributed by atoms with Gasteiger partial charge in [0, 0.05) is 11.3 Å². The normalized spacial score (nSPS) is 11.7. The molecule has 20 heavy (non-hydrogen) atoms. The van der Waals surface area contributed by atoms with Crippen molar-refractivity contribution in [2.24, 2.45) is 0 Å². The van der Waals surface area contributed by atoms with E-state index in [1.54, 1.807) is 62.6 Å². The molecule has 0 aliphatic carbocycles. The zero-order valence-electron chi connectivity index (χ0n) is 11.5. The number of nitrogen functional groups attached to an aromatic ring is 1. The SMILES string of the molecule is COc1ccc(C(=O)C(C)Oc2ccc(N)cc2)cc1. The average molecular weight is 271 g/mol. The van der Waals surface area contributed by atoms with E-state index in [1.165, 1.54) is 0 Å². The van der Waals surface area contributed by atoms with Gasteiger partial charge in [-0.15, -0.1) is 0 Å². The van der Waals surface area contributed by atoms with Crippen LogP contribution < -0.4 is 15.2 Å². The third kappa shape index (κ3) is 3.29. The molecular formula is C16H17NO3.